The summed E-state index contributed by atoms with van der Waals surface area (Å²) in [6.07, 6.45) is 4.84. The van der Waals surface area contributed by atoms with Crippen LogP contribution in [0.5, 0.6) is 0 Å². The van der Waals surface area contributed by atoms with Crippen LogP contribution >= 0.6 is 11.6 Å². The molecule has 0 aliphatic rings. The number of hydrogen-bond donors (Lipinski definition) is 0. The topological polar surface area (TPSA) is 26.3 Å². The first-order chi connectivity index (χ1) is 7.77. The van der Waals surface area contributed by atoms with Crippen LogP contribution in [0.4, 0.5) is 0 Å². The molecule has 0 aromatic heterocycles. The van der Waals surface area contributed by atoms with E-state index in [9.17, 15) is 4.79 Å². The van der Waals surface area contributed by atoms with Gasteiger partial charge in [-0.1, -0.05) is 24.3 Å². The lowest BCUT2D eigenvalue weighted by molar-refractivity contribution is 0.0526. The molecule has 0 aliphatic heterocycles. The molecule has 0 heterocycles. The maximum Gasteiger partial charge on any atom is 0.338 e. The van der Waals surface area contributed by atoms with Crippen molar-refractivity contribution in [3.05, 3.63) is 41.5 Å². The quantitative estimate of drug-likeness (QED) is 0.580. The number of benzene rings is 1. The van der Waals surface area contributed by atoms with E-state index >= 15 is 0 Å². The largest absolute Gasteiger partial charge is 0.462 e. The highest BCUT2D eigenvalue weighted by Crippen LogP contribution is 2.08. The molecular formula is C13H15ClO2. The number of ether oxygens (including phenoxy) is 1. The van der Waals surface area contributed by atoms with Crippen LogP contribution in [0.25, 0.3) is 6.08 Å². The second kappa shape index (κ2) is 7.07. The summed E-state index contributed by atoms with van der Waals surface area (Å²) in [5.41, 5.74) is 1.63. The monoisotopic (exact) mass is 238 g/mol. The highest BCUT2D eigenvalue weighted by atomic mass is 35.5. The molecule has 0 amide bonds. The summed E-state index contributed by atoms with van der Waals surface area (Å²) in [5, 5.41) is 0. The van der Waals surface area contributed by atoms with E-state index < -0.39 is 0 Å². The number of rotatable bonds is 5. The molecule has 1 aromatic carbocycles. The van der Waals surface area contributed by atoms with Crippen molar-refractivity contribution in [3.63, 3.8) is 0 Å². The number of esters is 1. The summed E-state index contributed by atoms with van der Waals surface area (Å²) in [7, 11) is 0. The van der Waals surface area contributed by atoms with E-state index in [0.29, 0.717) is 18.1 Å². The molecule has 3 heteroatoms. The van der Waals surface area contributed by atoms with Crippen molar-refractivity contribution in [2.45, 2.75) is 13.3 Å². The molecule has 0 N–H and O–H groups in total. The summed E-state index contributed by atoms with van der Waals surface area (Å²) >= 11 is 5.56. The van der Waals surface area contributed by atoms with Crippen molar-refractivity contribution in [2.24, 2.45) is 0 Å². The van der Waals surface area contributed by atoms with Gasteiger partial charge in [0.15, 0.2) is 0 Å². The van der Waals surface area contributed by atoms with Crippen LogP contribution in [-0.4, -0.2) is 18.5 Å². The van der Waals surface area contributed by atoms with Crippen molar-refractivity contribution in [1.29, 1.82) is 0 Å². The van der Waals surface area contributed by atoms with Gasteiger partial charge in [0.25, 0.3) is 0 Å². The molecule has 0 bridgehead atoms. The lowest BCUT2D eigenvalue weighted by Gasteiger charge is -2.01. The number of allylic oxidation sites excluding steroid dienone is 1. The van der Waals surface area contributed by atoms with Crippen LogP contribution in [0.2, 0.25) is 0 Å². The minimum absolute atomic E-state index is 0.279. The van der Waals surface area contributed by atoms with Gasteiger partial charge < -0.3 is 4.74 Å². The standard InChI is InChI=1S/C13H15ClO2/c1-2-16-13(15)12-8-6-11(7-9-12)5-3-4-10-14/h3,5-9H,2,4,10H2,1H3. The molecule has 1 aromatic rings. The Morgan fingerprint density at radius 1 is 1.38 bits per heavy atom. The molecule has 0 spiro atoms. The first kappa shape index (κ1) is 12.8. The molecule has 86 valence electrons. The van der Waals surface area contributed by atoms with Crippen LogP contribution < -0.4 is 0 Å². The summed E-state index contributed by atoms with van der Waals surface area (Å²) in [5.74, 6) is 0.344. The van der Waals surface area contributed by atoms with Crippen molar-refractivity contribution >= 4 is 23.6 Å². The van der Waals surface area contributed by atoms with Crippen molar-refractivity contribution < 1.29 is 9.53 Å². The Bertz CT molecular complexity index is 355. The fourth-order valence-corrected chi connectivity index (χ4v) is 1.35. The normalized spacial score (nSPS) is 10.6. The van der Waals surface area contributed by atoms with Gasteiger partial charge in [0, 0.05) is 5.88 Å². The molecule has 1 rings (SSSR count). The van der Waals surface area contributed by atoms with E-state index in [2.05, 4.69) is 0 Å². The molecule has 0 saturated carbocycles. The number of halogens is 1. The average molecular weight is 239 g/mol. The highest BCUT2D eigenvalue weighted by molar-refractivity contribution is 6.17. The Morgan fingerprint density at radius 2 is 2.06 bits per heavy atom. The van der Waals surface area contributed by atoms with Gasteiger partial charge in [-0.3, -0.25) is 0 Å². The Morgan fingerprint density at radius 3 is 2.62 bits per heavy atom. The lowest BCUT2D eigenvalue weighted by atomic mass is 10.1. The van der Waals surface area contributed by atoms with Gasteiger partial charge in [-0.05, 0) is 31.0 Å². The fourth-order valence-electron chi connectivity index (χ4n) is 1.23. The SMILES string of the molecule is CCOC(=O)c1ccc(C=CCCCl)cc1. The zero-order chi connectivity index (χ0) is 11.8. The predicted octanol–water partition coefficient (Wildman–Crippen LogP) is 3.51. The molecule has 2 nitrogen and oxygen atoms in total. The lowest BCUT2D eigenvalue weighted by Crippen LogP contribution is -2.03. The molecule has 0 unspecified atom stereocenters. The van der Waals surface area contributed by atoms with E-state index in [1.165, 1.54) is 0 Å². The van der Waals surface area contributed by atoms with Crippen molar-refractivity contribution in [1.82, 2.24) is 0 Å². The number of hydrogen-bond acceptors (Lipinski definition) is 2. The first-order valence-electron chi connectivity index (χ1n) is 5.27. The van der Waals surface area contributed by atoms with Gasteiger partial charge in [0.1, 0.15) is 0 Å². The Labute approximate surface area is 101 Å². The maximum atomic E-state index is 11.4. The third-order valence-corrected chi connectivity index (χ3v) is 2.23. The third-order valence-electron chi connectivity index (χ3n) is 2.01. The van der Waals surface area contributed by atoms with Crippen molar-refractivity contribution in [2.75, 3.05) is 12.5 Å². The number of alkyl halides is 1. The van der Waals surface area contributed by atoms with E-state index in [1.807, 2.05) is 24.3 Å². The van der Waals surface area contributed by atoms with Gasteiger partial charge in [-0.25, -0.2) is 4.79 Å². The second-order valence-corrected chi connectivity index (χ2v) is 3.60. The molecule has 0 saturated heterocycles. The summed E-state index contributed by atoms with van der Waals surface area (Å²) in [6, 6.07) is 7.30. The highest BCUT2D eigenvalue weighted by Gasteiger charge is 2.04. The zero-order valence-electron chi connectivity index (χ0n) is 9.28. The summed E-state index contributed by atoms with van der Waals surface area (Å²) in [4.78, 5) is 11.4. The van der Waals surface area contributed by atoms with Crippen LogP contribution in [0, 0.1) is 0 Å². The first-order valence-corrected chi connectivity index (χ1v) is 5.81. The number of carbonyl (C=O) groups is 1. The Kier molecular flexibility index (Phi) is 5.65. The Hall–Kier alpha value is -1.28. The van der Waals surface area contributed by atoms with E-state index in [0.717, 1.165) is 12.0 Å². The molecule has 16 heavy (non-hydrogen) atoms. The summed E-state index contributed by atoms with van der Waals surface area (Å²) in [6.45, 7) is 2.19. The van der Waals surface area contributed by atoms with Crippen LogP contribution in [-0.2, 0) is 4.74 Å². The van der Waals surface area contributed by atoms with Gasteiger partial charge in [-0.2, -0.15) is 0 Å². The molecule has 0 aliphatic carbocycles. The van der Waals surface area contributed by atoms with E-state index in [1.54, 1.807) is 19.1 Å². The smallest absolute Gasteiger partial charge is 0.338 e. The van der Waals surface area contributed by atoms with Crippen LogP contribution in [0.1, 0.15) is 29.3 Å². The van der Waals surface area contributed by atoms with Gasteiger partial charge >= 0.3 is 5.97 Å². The maximum absolute atomic E-state index is 11.4. The molecular weight excluding hydrogens is 224 g/mol. The molecule has 0 fully saturated rings. The minimum Gasteiger partial charge on any atom is -0.462 e. The molecule has 0 atom stereocenters. The molecule has 0 radical (unpaired) electrons. The van der Waals surface area contributed by atoms with Crippen LogP contribution in [0.15, 0.2) is 30.3 Å². The van der Waals surface area contributed by atoms with Gasteiger partial charge in [0.05, 0.1) is 12.2 Å². The number of carbonyl (C=O) groups excluding carboxylic acids is 1. The zero-order valence-corrected chi connectivity index (χ0v) is 10.0. The average Bonchev–Trinajstić information content (AvgIpc) is 2.30. The Balaban J connectivity index is 2.64. The minimum atomic E-state index is -0.279. The van der Waals surface area contributed by atoms with Gasteiger partial charge in [-0.15, -0.1) is 11.6 Å². The predicted molar refractivity (Wildman–Crippen MR) is 66.8 cm³/mol. The van der Waals surface area contributed by atoms with E-state index in [4.69, 9.17) is 16.3 Å². The fraction of sp³-hybridized carbons (Fsp3) is 0.308. The van der Waals surface area contributed by atoms with Crippen molar-refractivity contribution in [3.8, 4) is 0 Å². The van der Waals surface area contributed by atoms with Gasteiger partial charge in [0.2, 0.25) is 0 Å². The third kappa shape index (κ3) is 4.07. The van der Waals surface area contributed by atoms with Crippen LogP contribution in [0.3, 0.4) is 0 Å². The second-order valence-electron chi connectivity index (χ2n) is 3.22. The summed E-state index contributed by atoms with van der Waals surface area (Å²) < 4.78 is 4.89. The van der Waals surface area contributed by atoms with E-state index in [-0.39, 0.29) is 5.97 Å².